The highest BCUT2D eigenvalue weighted by atomic mass is 14.7. The predicted octanol–water partition coefficient (Wildman–Crippen LogP) is 4.71. The van der Waals surface area contributed by atoms with Crippen LogP contribution in [-0.4, -0.2) is 4.98 Å². The quantitative estimate of drug-likeness (QED) is 0.662. The summed E-state index contributed by atoms with van der Waals surface area (Å²) >= 11 is 0. The van der Waals surface area contributed by atoms with E-state index in [4.69, 9.17) is 0 Å². The fraction of sp³-hybridized carbons (Fsp3) is 0.176. The Bertz CT molecular complexity index is 677. The zero-order valence-electron chi connectivity index (χ0n) is 10.8. The van der Waals surface area contributed by atoms with Gasteiger partial charge in [-0.05, 0) is 36.1 Å². The van der Waals surface area contributed by atoms with Gasteiger partial charge in [0.15, 0.2) is 0 Å². The summed E-state index contributed by atoms with van der Waals surface area (Å²) < 4.78 is 0. The third-order valence-electron chi connectivity index (χ3n) is 3.59. The molecule has 0 amide bonds. The molecular formula is C17H17N. The van der Waals surface area contributed by atoms with Gasteiger partial charge in [0.05, 0.1) is 0 Å². The molecule has 0 fully saturated rings. The molecule has 0 radical (unpaired) electrons. The van der Waals surface area contributed by atoms with Crippen molar-refractivity contribution in [3.05, 3.63) is 59.7 Å². The number of aryl methyl sites for hydroxylation is 2. The molecule has 0 saturated carbocycles. The third kappa shape index (κ3) is 1.72. The van der Waals surface area contributed by atoms with E-state index in [1.165, 1.54) is 33.3 Å². The van der Waals surface area contributed by atoms with Crippen molar-refractivity contribution in [3.63, 3.8) is 0 Å². The second kappa shape index (κ2) is 4.34. The van der Waals surface area contributed by atoms with Crippen LogP contribution >= 0.6 is 0 Å². The van der Waals surface area contributed by atoms with E-state index in [0.29, 0.717) is 0 Å². The Hall–Kier alpha value is -2.02. The van der Waals surface area contributed by atoms with Gasteiger partial charge in [-0.15, -0.1) is 0 Å². The minimum Gasteiger partial charge on any atom is -0.354 e. The molecule has 1 heterocycles. The maximum atomic E-state index is 3.55. The summed E-state index contributed by atoms with van der Waals surface area (Å²) in [7, 11) is 0. The SMILES string of the molecule is CCc1ccc2c(C)c(-c3ccccc3)[nH]c2c1. The van der Waals surface area contributed by atoms with Crippen LogP contribution in [0.5, 0.6) is 0 Å². The zero-order chi connectivity index (χ0) is 12.5. The van der Waals surface area contributed by atoms with Crippen molar-refractivity contribution in [1.82, 2.24) is 4.98 Å². The number of nitrogens with one attached hydrogen (secondary N) is 1. The van der Waals surface area contributed by atoms with Crippen molar-refractivity contribution < 1.29 is 0 Å². The molecule has 0 bridgehead atoms. The number of rotatable bonds is 2. The number of hydrogen-bond acceptors (Lipinski definition) is 0. The van der Waals surface area contributed by atoms with E-state index in [1.807, 2.05) is 0 Å². The zero-order valence-corrected chi connectivity index (χ0v) is 10.8. The first-order chi connectivity index (χ1) is 8.79. The summed E-state index contributed by atoms with van der Waals surface area (Å²) in [5, 5.41) is 1.33. The van der Waals surface area contributed by atoms with Crippen LogP contribution in [-0.2, 0) is 6.42 Å². The lowest BCUT2D eigenvalue weighted by atomic mass is 10.1. The average molecular weight is 235 g/mol. The number of fused-ring (bicyclic) bond motifs is 1. The minimum atomic E-state index is 1.08. The maximum absolute atomic E-state index is 3.55. The molecule has 1 nitrogen and oxygen atoms in total. The molecule has 3 aromatic rings. The third-order valence-corrected chi connectivity index (χ3v) is 3.59. The second-order valence-electron chi connectivity index (χ2n) is 4.72. The van der Waals surface area contributed by atoms with Crippen molar-refractivity contribution in [3.8, 4) is 11.3 Å². The van der Waals surface area contributed by atoms with E-state index in [2.05, 4.69) is 67.4 Å². The van der Waals surface area contributed by atoms with Gasteiger partial charge < -0.3 is 4.98 Å². The van der Waals surface area contributed by atoms with Crippen molar-refractivity contribution in [2.24, 2.45) is 0 Å². The van der Waals surface area contributed by atoms with Gasteiger partial charge in [-0.1, -0.05) is 49.4 Å². The number of aromatic nitrogens is 1. The molecule has 1 heteroatoms. The number of benzene rings is 2. The van der Waals surface area contributed by atoms with Crippen molar-refractivity contribution in [1.29, 1.82) is 0 Å². The lowest BCUT2D eigenvalue weighted by Crippen LogP contribution is -1.78. The normalized spacial score (nSPS) is 11.0. The Labute approximate surface area is 107 Å². The van der Waals surface area contributed by atoms with Crippen LogP contribution < -0.4 is 0 Å². The van der Waals surface area contributed by atoms with Gasteiger partial charge in [0.1, 0.15) is 0 Å². The molecule has 1 N–H and O–H groups in total. The molecule has 18 heavy (non-hydrogen) atoms. The summed E-state index contributed by atoms with van der Waals surface area (Å²) in [6.45, 7) is 4.38. The van der Waals surface area contributed by atoms with Crippen LogP contribution in [0.25, 0.3) is 22.2 Å². The van der Waals surface area contributed by atoms with Crippen LogP contribution in [0.2, 0.25) is 0 Å². The van der Waals surface area contributed by atoms with Crippen LogP contribution in [0.3, 0.4) is 0 Å². The van der Waals surface area contributed by atoms with E-state index in [0.717, 1.165) is 6.42 Å². The van der Waals surface area contributed by atoms with E-state index in [9.17, 15) is 0 Å². The van der Waals surface area contributed by atoms with Crippen molar-refractivity contribution in [2.75, 3.05) is 0 Å². The Morgan fingerprint density at radius 1 is 1.00 bits per heavy atom. The van der Waals surface area contributed by atoms with Gasteiger partial charge >= 0.3 is 0 Å². The molecule has 0 saturated heterocycles. The van der Waals surface area contributed by atoms with Gasteiger partial charge in [0.2, 0.25) is 0 Å². The summed E-state index contributed by atoms with van der Waals surface area (Å²) in [6, 6.07) is 17.2. The first-order valence-electron chi connectivity index (χ1n) is 6.46. The second-order valence-corrected chi connectivity index (χ2v) is 4.72. The molecular weight excluding hydrogens is 218 g/mol. The van der Waals surface area contributed by atoms with Crippen LogP contribution in [0.4, 0.5) is 0 Å². The summed E-state index contributed by atoms with van der Waals surface area (Å²) in [5.74, 6) is 0. The Balaban J connectivity index is 2.23. The first kappa shape index (κ1) is 11.1. The molecule has 0 aliphatic heterocycles. The topological polar surface area (TPSA) is 15.8 Å². The Kier molecular flexibility index (Phi) is 2.67. The highest BCUT2D eigenvalue weighted by molar-refractivity contribution is 5.90. The number of hydrogen-bond donors (Lipinski definition) is 1. The van der Waals surface area contributed by atoms with Crippen molar-refractivity contribution in [2.45, 2.75) is 20.3 Å². The van der Waals surface area contributed by atoms with E-state index < -0.39 is 0 Å². The fourth-order valence-electron chi connectivity index (χ4n) is 2.50. The van der Waals surface area contributed by atoms with Gasteiger partial charge in [0, 0.05) is 16.6 Å². The number of aromatic amines is 1. The largest absolute Gasteiger partial charge is 0.354 e. The molecule has 90 valence electrons. The smallest absolute Gasteiger partial charge is 0.0494 e. The molecule has 0 aliphatic carbocycles. The van der Waals surface area contributed by atoms with Gasteiger partial charge in [-0.25, -0.2) is 0 Å². The van der Waals surface area contributed by atoms with E-state index in [-0.39, 0.29) is 0 Å². The molecule has 3 rings (SSSR count). The van der Waals surface area contributed by atoms with Crippen molar-refractivity contribution >= 4 is 10.9 Å². The highest BCUT2D eigenvalue weighted by Crippen LogP contribution is 2.29. The average Bonchev–Trinajstić information content (AvgIpc) is 2.76. The van der Waals surface area contributed by atoms with Crippen LogP contribution in [0.1, 0.15) is 18.1 Å². The highest BCUT2D eigenvalue weighted by Gasteiger charge is 2.09. The summed E-state index contributed by atoms with van der Waals surface area (Å²) in [5.41, 5.74) is 6.44. The predicted molar refractivity (Wildman–Crippen MR) is 77.8 cm³/mol. The monoisotopic (exact) mass is 235 g/mol. The van der Waals surface area contributed by atoms with Gasteiger partial charge in [-0.3, -0.25) is 0 Å². The van der Waals surface area contributed by atoms with E-state index >= 15 is 0 Å². The first-order valence-corrected chi connectivity index (χ1v) is 6.46. The molecule has 0 aliphatic rings. The minimum absolute atomic E-state index is 1.08. The van der Waals surface area contributed by atoms with Gasteiger partial charge in [-0.2, -0.15) is 0 Å². The summed E-state index contributed by atoms with van der Waals surface area (Å²) in [4.78, 5) is 3.55. The molecule has 0 spiro atoms. The lowest BCUT2D eigenvalue weighted by Gasteiger charge is -1.99. The standard InChI is InChI=1S/C17H17N/c1-3-13-9-10-15-12(2)17(18-16(15)11-13)14-7-5-4-6-8-14/h4-11,18H,3H2,1-2H3. The van der Waals surface area contributed by atoms with E-state index in [1.54, 1.807) is 0 Å². The lowest BCUT2D eigenvalue weighted by molar-refractivity contribution is 1.14. The summed E-state index contributed by atoms with van der Waals surface area (Å²) in [6.07, 6.45) is 1.08. The van der Waals surface area contributed by atoms with Crippen LogP contribution in [0, 0.1) is 6.92 Å². The number of H-pyrrole nitrogens is 1. The Morgan fingerprint density at radius 2 is 1.78 bits per heavy atom. The molecule has 2 aromatic carbocycles. The fourth-order valence-corrected chi connectivity index (χ4v) is 2.50. The molecule has 1 aromatic heterocycles. The van der Waals surface area contributed by atoms with Gasteiger partial charge in [0.25, 0.3) is 0 Å². The van der Waals surface area contributed by atoms with Crippen LogP contribution in [0.15, 0.2) is 48.5 Å². The Morgan fingerprint density at radius 3 is 2.50 bits per heavy atom. The molecule has 0 unspecified atom stereocenters. The maximum Gasteiger partial charge on any atom is 0.0494 e. The molecule has 0 atom stereocenters.